The van der Waals surface area contributed by atoms with Crippen LogP contribution in [0.1, 0.15) is 11.1 Å². The summed E-state index contributed by atoms with van der Waals surface area (Å²) >= 11 is 6.24. The van der Waals surface area contributed by atoms with Crippen LogP contribution in [0.3, 0.4) is 0 Å². The van der Waals surface area contributed by atoms with Crippen molar-refractivity contribution in [1.29, 1.82) is 0 Å². The van der Waals surface area contributed by atoms with Crippen molar-refractivity contribution < 1.29 is 0 Å². The van der Waals surface area contributed by atoms with Crippen LogP contribution in [0.25, 0.3) is 12.2 Å². The molecule has 0 radical (unpaired) electrons. The minimum atomic E-state index is 0.759. The third-order valence-electron chi connectivity index (χ3n) is 4.54. The summed E-state index contributed by atoms with van der Waals surface area (Å²) in [5, 5.41) is 0.759. The smallest absolute Gasteiger partial charge is 0.0478 e. The van der Waals surface area contributed by atoms with Crippen LogP contribution < -0.4 is 4.90 Å². The van der Waals surface area contributed by atoms with Crippen molar-refractivity contribution in [1.82, 2.24) is 0 Å². The van der Waals surface area contributed by atoms with Crippen LogP contribution in [0.15, 0.2) is 109 Å². The molecule has 28 heavy (non-hydrogen) atoms. The van der Waals surface area contributed by atoms with E-state index in [4.69, 9.17) is 11.6 Å². The van der Waals surface area contributed by atoms with Crippen LogP contribution in [-0.4, -0.2) is 0 Å². The third-order valence-corrected chi connectivity index (χ3v) is 4.88. The maximum Gasteiger partial charge on any atom is 0.0478 e. The van der Waals surface area contributed by atoms with E-state index in [0.717, 1.165) is 33.2 Å². The predicted octanol–water partition coefficient (Wildman–Crippen LogP) is 7.98. The number of anilines is 3. The van der Waals surface area contributed by atoms with Crippen LogP contribution in [0.4, 0.5) is 17.1 Å². The zero-order chi connectivity index (χ0) is 19.2. The molecular weight excluding hydrogens is 362 g/mol. The molecule has 0 saturated carbocycles. The van der Waals surface area contributed by atoms with E-state index >= 15 is 0 Å². The Bertz CT molecular complexity index is 1010. The van der Waals surface area contributed by atoms with E-state index in [1.807, 2.05) is 42.5 Å². The van der Waals surface area contributed by atoms with Crippen LogP contribution in [0.2, 0.25) is 5.02 Å². The van der Waals surface area contributed by atoms with Gasteiger partial charge in [0.25, 0.3) is 0 Å². The van der Waals surface area contributed by atoms with Crippen molar-refractivity contribution in [2.24, 2.45) is 0 Å². The van der Waals surface area contributed by atoms with Crippen LogP contribution in [0.5, 0.6) is 0 Å². The molecule has 1 nitrogen and oxygen atoms in total. The summed E-state index contributed by atoms with van der Waals surface area (Å²) in [6.45, 7) is 0. The molecule has 0 heterocycles. The van der Waals surface area contributed by atoms with Gasteiger partial charge >= 0.3 is 0 Å². The lowest BCUT2D eigenvalue weighted by atomic mass is 10.1. The summed E-state index contributed by atoms with van der Waals surface area (Å²) in [6.07, 6.45) is 4.13. The summed E-state index contributed by atoms with van der Waals surface area (Å²) in [5.41, 5.74) is 5.53. The molecule has 0 atom stereocenters. The maximum absolute atomic E-state index is 6.24. The fourth-order valence-electron chi connectivity index (χ4n) is 3.13. The van der Waals surface area contributed by atoms with Crippen molar-refractivity contribution in [3.8, 4) is 0 Å². The molecule has 0 unspecified atom stereocenters. The van der Waals surface area contributed by atoms with Crippen molar-refractivity contribution in [3.63, 3.8) is 0 Å². The minimum Gasteiger partial charge on any atom is -0.311 e. The van der Waals surface area contributed by atoms with Crippen molar-refractivity contribution in [2.45, 2.75) is 0 Å². The lowest BCUT2D eigenvalue weighted by molar-refractivity contribution is 1.28. The first-order valence-corrected chi connectivity index (χ1v) is 9.62. The molecule has 0 aliphatic rings. The van der Waals surface area contributed by atoms with Crippen molar-refractivity contribution >= 4 is 40.8 Å². The first-order chi connectivity index (χ1) is 13.8. The van der Waals surface area contributed by atoms with Crippen molar-refractivity contribution in [3.05, 3.63) is 125 Å². The monoisotopic (exact) mass is 381 g/mol. The summed E-state index contributed by atoms with van der Waals surface area (Å²) < 4.78 is 0. The summed E-state index contributed by atoms with van der Waals surface area (Å²) in [7, 11) is 0. The highest BCUT2D eigenvalue weighted by molar-refractivity contribution is 6.32. The van der Waals surface area contributed by atoms with E-state index in [1.165, 1.54) is 0 Å². The van der Waals surface area contributed by atoms with Gasteiger partial charge in [-0.25, -0.2) is 0 Å². The quantitative estimate of drug-likeness (QED) is 0.317. The Kier molecular flexibility index (Phi) is 5.56. The molecule has 2 heteroatoms. The van der Waals surface area contributed by atoms with Gasteiger partial charge in [0.1, 0.15) is 0 Å². The zero-order valence-electron chi connectivity index (χ0n) is 15.4. The molecule has 0 N–H and O–H groups in total. The van der Waals surface area contributed by atoms with E-state index in [1.54, 1.807) is 0 Å². The highest BCUT2D eigenvalue weighted by atomic mass is 35.5. The van der Waals surface area contributed by atoms with E-state index in [9.17, 15) is 0 Å². The first kappa shape index (κ1) is 18.1. The average Bonchev–Trinajstić information content (AvgIpc) is 2.76. The normalized spacial score (nSPS) is 10.9. The lowest BCUT2D eigenvalue weighted by Gasteiger charge is -2.25. The maximum atomic E-state index is 6.24. The van der Waals surface area contributed by atoms with E-state index in [-0.39, 0.29) is 0 Å². The largest absolute Gasteiger partial charge is 0.311 e. The topological polar surface area (TPSA) is 3.24 Å². The van der Waals surface area contributed by atoms with E-state index in [0.29, 0.717) is 0 Å². The van der Waals surface area contributed by atoms with Gasteiger partial charge in [0.05, 0.1) is 0 Å². The molecule has 4 aromatic carbocycles. The number of halogens is 1. The standard InChI is InChI=1S/C26H20ClN/c27-26-14-8-7-9-22(26)18-15-21-16-19-25(20-17-21)28(23-10-3-1-4-11-23)24-12-5-2-6-13-24/h1-20H/b18-15+. The summed E-state index contributed by atoms with van der Waals surface area (Å²) in [5.74, 6) is 0. The van der Waals surface area contributed by atoms with Gasteiger partial charge in [-0.15, -0.1) is 0 Å². The van der Waals surface area contributed by atoms with Gasteiger partial charge in [0.15, 0.2) is 0 Å². The van der Waals surface area contributed by atoms with Gasteiger partial charge in [0.2, 0.25) is 0 Å². The molecule has 0 bridgehead atoms. The Labute approximate surface area is 171 Å². The molecular formula is C26H20ClN. The van der Waals surface area contributed by atoms with Gasteiger partial charge < -0.3 is 4.90 Å². The van der Waals surface area contributed by atoms with E-state index < -0.39 is 0 Å². The van der Waals surface area contributed by atoms with Crippen LogP contribution >= 0.6 is 11.6 Å². The fraction of sp³-hybridized carbons (Fsp3) is 0. The second kappa shape index (κ2) is 8.60. The minimum absolute atomic E-state index is 0.759. The molecule has 4 aromatic rings. The average molecular weight is 382 g/mol. The molecule has 0 aliphatic carbocycles. The Morgan fingerprint density at radius 2 is 1.00 bits per heavy atom. The molecule has 0 aliphatic heterocycles. The van der Waals surface area contributed by atoms with Gasteiger partial charge in [-0.3, -0.25) is 0 Å². The Hall–Kier alpha value is -3.29. The molecule has 4 rings (SSSR count). The summed E-state index contributed by atoms with van der Waals surface area (Å²) in [6, 6.07) is 37.2. The molecule has 0 aromatic heterocycles. The molecule has 0 saturated heterocycles. The second-order valence-corrected chi connectivity index (χ2v) is 6.86. The van der Waals surface area contributed by atoms with Gasteiger partial charge in [0, 0.05) is 22.1 Å². The Morgan fingerprint density at radius 1 is 0.500 bits per heavy atom. The summed E-state index contributed by atoms with van der Waals surface area (Å²) in [4.78, 5) is 2.25. The molecule has 0 amide bonds. The Morgan fingerprint density at radius 3 is 1.57 bits per heavy atom. The van der Waals surface area contributed by atoms with Crippen LogP contribution in [0, 0.1) is 0 Å². The van der Waals surface area contributed by atoms with Crippen LogP contribution in [-0.2, 0) is 0 Å². The second-order valence-electron chi connectivity index (χ2n) is 6.45. The number of rotatable bonds is 5. The van der Waals surface area contributed by atoms with Gasteiger partial charge in [-0.05, 0) is 53.6 Å². The number of hydrogen-bond donors (Lipinski definition) is 0. The highest BCUT2D eigenvalue weighted by Crippen LogP contribution is 2.34. The first-order valence-electron chi connectivity index (χ1n) is 9.24. The SMILES string of the molecule is Clc1ccccc1/C=C/c1ccc(N(c2ccccc2)c2ccccc2)cc1. The van der Waals surface area contributed by atoms with Gasteiger partial charge in [-0.2, -0.15) is 0 Å². The Balaban J connectivity index is 1.64. The molecule has 0 spiro atoms. The van der Waals surface area contributed by atoms with E-state index in [2.05, 4.69) is 83.8 Å². The fourth-order valence-corrected chi connectivity index (χ4v) is 3.33. The molecule has 0 fully saturated rings. The number of benzene rings is 4. The highest BCUT2D eigenvalue weighted by Gasteiger charge is 2.11. The lowest BCUT2D eigenvalue weighted by Crippen LogP contribution is -2.09. The number of nitrogens with zero attached hydrogens (tertiary/aromatic N) is 1. The predicted molar refractivity (Wildman–Crippen MR) is 122 cm³/mol. The number of para-hydroxylation sites is 2. The molecule has 136 valence electrons. The zero-order valence-corrected chi connectivity index (χ0v) is 16.1. The third kappa shape index (κ3) is 4.16. The van der Waals surface area contributed by atoms with Gasteiger partial charge in [-0.1, -0.05) is 90.5 Å². The number of hydrogen-bond acceptors (Lipinski definition) is 1. The van der Waals surface area contributed by atoms with Crippen molar-refractivity contribution in [2.75, 3.05) is 4.90 Å².